The van der Waals surface area contributed by atoms with Crippen LogP contribution in [0.4, 0.5) is 0 Å². The van der Waals surface area contributed by atoms with Gasteiger partial charge in [0.15, 0.2) is 35.9 Å². The molecule has 0 bridgehead atoms. The second-order valence-electron chi connectivity index (χ2n) is 20.3. The number of aliphatic hydroxyl groups is 5. The van der Waals surface area contributed by atoms with Crippen LogP contribution in [-0.2, 0) is 79.5 Å². The largest absolute Gasteiger partial charge is 1.00 e. The Kier molecular flexibility index (Phi) is 63.5. The molecule has 3 rings (SSSR count). The number of rotatable bonds is 22. The van der Waals surface area contributed by atoms with Crippen LogP contribution >= 0.6 is 168 Å². The molecule has 112 heavy (non-hydrogen) atoms. The zero-order valence-electron chi connectivity index (χ0n) is 57.4. The fourth-order valence-corrected chi connectivity index (χ4v) is 20.2. The van der Waals surface area contributed by atoms with Crippen molar-refractivity contribution in [2.24, 2.45) is 5.73 Å². The summed E-state index contributed by atoms with van der Waals surface area (Å²) >= 11 is 15.5. The Bertz CT molecular complexity index is 3530. The van der Waals surface area contributed by atoms with Gasteiger partial charge in [-0.25, -0.2) is 0 Å². The number of nitrogens with two attached hydrogens (primary N) is 1. The van der Waals surface area contributed by atoms with E-state index >= 15 is 0 Å². The van der Waals surface area contributed by atoms with Crippen molar-refractivity contribution in [3.63, 3.8) is 0 Å². The molecule has 1 fully saturated rings. The number of hydrogen-bond donors (Lipinski definition) is 35. The number of benzene rings is 1. The number of aromatic nitrogens is 1. The van der Waals surface area contributed by atoms with E-state index in [1.54, 1.807) is 0 Å². The van der Waals surface area contributed by atoms with Gasteiger partial charge >= 0.3 is 218 Å². The molecule has 80 heteroatoms. The molecular formula is C32H74Cl3N3Na4O53P16S. The van der Waals surface area contributed by atoms with Crippen molar-refractivity contribution in [1.29, 1.82) is 0 Å². The minimum atomic E-state index is -5.66. The van der Waals surface area contributed by atoms with Gasteiger partial charge in [0.05, 0.1) is 0 Å². The average Bonchev–Trinajstić information content (AvgIpc) is 0.895. The third-order valence-corrected chi connectivity index (χ3v) is 44.8. The molecule has 0 spiro atoms. The van der Waals surface area contributed by atoms with Gasteiger partial charge in [-0.15, -0.1) is 13.2 Å². The van der Waals surface area contributed by atoms with Crippen molar-refractivity contribution in [3.05, 3.63) is 72.5 Å². The molecule has 1 aliphatic carbocycles. The summed E-state index contributed by atoms with van der Waals surface area (Å²) in [7, 11) is -84.1. The van der Waals surface area contributed by atoms with Crippen LogP contribution in [0, 0.1) is 0 Å². The number of alkyl halides is 2. The van der Waals surface area contributed by atoms with Gasteiger partial charge in [-0.3, -0.25) is 70.8 Å². The SMILES string of the molecule is C=C.CC(O)(P(=O)(O)O)P(=O)(O)O.CC(O)(P(=O)([O-])O)P(=O)(O)O.CC(O)(P(=O)([O-])O)P(=O)(O)O.NC(O)(P(=O)(O)O)P(=O)(O)O.O=P(O)(O)C(Cl)(Cl)P(=O)(O)O.O=P(O)(O)C(Sc1ccc(Cl)cc1)P(=O)(O)O.O=P([O-])(O)C(NC1CCCCCC1)P(=O)(O)O.O=P([O-])(O)C(O)(Cc1cccnc1)P(=O)(O)O.[Na+].[Na+].[Na+].[Na+]. The fourth-order valence-electron chi connectivity index (χ4n) is 4.99. The predicted octanol–water partition coefficient (Wildman–Crippen LogP) is -15.7. The third kappa shape index (κ3) is 48.0. The molecule has 646 valence electrons. The van der Waals surface area contributed by atoms with Gasteiger partial charge in [0, 0.05) is 34.8 Å². The minimum Gasteiger partial charge on any atom is -0.777 e. The van der Waals surface area contributed by atoms with Crippen molar-refractivity contribution in [1.82, 2.24) is 10.3 Å². The molecule has 1 saturated carbocycles. The number of pyridine rings is 1. The van der Waals surface area contributed by atoms with Crippen LogP contribution in [0.1, 0.15) is 64.9 Å². The maximum absolute atomic E-state index is 11.0. The molecule has 2 aromatic rings. The number of nitrogens with zero attached hydrogens (tertiary/aromatic N) is 1. The molecule has 1 aliphatic rings. The van der Waals surface area contributed by atoms with Gasteiger partial charge in [0.1, 0.15) is 0 Å². The molecule has 0 radical (unpaired) electrons. The first-order chi connectivity index (χ1) is 46.4. The summed E-state index contributed by atoms with van der Waals surface area (Å²) in [5.41, 5.74) is 2.18. The van der Waals surface area contributed by atoms with Crippen molar-refractivity contribution in [2.45, 2.75) is 116 Å². The normalized spacial score (nSPS) is 17.9. The zero-order chi connectivity index (χ0) is 89.2. The van der Waals surface area contributed by atoms with E-state index < -0.39 is 168 Å². The first-order valence-electron chi connectivity index (χ1n) is 25.6. The number of thioether (sulfide) groups is 1. The van der Waals surface area contributed by atoms with Crippen LogP contribution in [0.25, 0.3) is 0 Å². The van der Waals surface area contributed by atoms with Crippen molar-refractivity contribution in [3.8, 4) is 0 Å². The number of halogens is 3. The number of hydrogen-bond acceptors (Lipinski definition) is 29. The molecule has 0 saturated heterocycles. The quantitative estimate of drug-likeness (QED) is 0.00990. The minimum absolute atomic E-state index is 0. The van der Waals surface area contributed by atoms with Gasteiger partial charge < -0.3 is 200 Å². The van der Waals surface area contributed by atoms with E-state index in [2.05, 4.69) is 29.2 Å². The van der Waals surface area contributed by atoms with Gasteiger partial charge in [0.2, 0.25) is 20.0 Å². The van der Waals surface area contributed by atoms with Gasteiger partial charge in [0.25, 0.3) is 5.08 Å². The topological polar surface area (TPSA) is 1080 Å². The predicted molar refractivity (Wildman–Crippen MR) is 363 cm³/mol. The second-order valence-corrected chi connectivity index (χ2v) is 57.0. The summed E-state index contributed by atoms with van der Waals surface area (Å²) in [6, 6.07) is 8.19. The molecule has 8 unspecified atom stereocenters. The molecule has 8 atom stereocenters. The van der Waals surface area contributed by atoms with E-state index in [1.165, 1.54) is 42.6 Å². The van der Waals surface area contributed by atoms with E-state index in [-0.39, 0.29) is 130 Å². The standard InChI is InChI=1S/C8H19NO6P2.C7H9ClO6P2S.C7H11NO7P2.3C2H8O7P2.C2H4.CH4Cl2O6P2.CH7NO7P2.4Na/c10-16(11,12)8(17(13,14)15)9-7-5-3-1-2-4-6-7;8-5-1-3-6(4-2-5)17-7(15(9,10)11)16(12,13)14;9-7(16(10,11)12,17(13,14)15)4-6-2-1-3-8-5-6;3*1-2(3,10(4,5)6)11(7,8)9;1-2;2*2-1(3,10(4,5)6)11(7,8)9;;;;/h7-9H,1-6H2,(H2,10,11,12)(H2,13,14,15);1-4,7H,(H2,9,10,11)(H2,12,13,14);1-3,5,9H,4H2,(H2,10,11,12)(H2,13,14,15);3*3H,1H3,(H2,4,5,6)(H2,7,8,9);1-2H2;(H2,4,5,6)(H2,7,8,9);3H,2H2,(H2,4,5,6)(H2,7,8,9);;;;/q;;;;;;;;;4*+1/p-4. The molecule has 56 nitrogen and oxygen atoms in total. The van der Waals surface area contributed by atoms with Crippen LogP contribution in [0.2, 0.25) is 5.02 Å². The summed E-state index contributed by atoms with van der Waals surface area (Å²) < 4.78 is 162. The van der Waals surface area contributed by atoms with Crippen LogP contribution in [0.3, 0.4) is 0 Å². The Hall–Kier alpha value is 5.45. The Labute approximate surface area is 738 Å². The smallest absolute Gasteiger partial charge is 0.777 e. The van der Waals surface area contributed by atoms with Crippen LogP contribution in [0.15, 0.2) is 66.8 Å². The van der Waals surface area contributed by atoms with E-state index in [4.69, 9.17) is 192 Å². The third-order valence-electron chi connectivity index (χ3n) is 11.4. The summed E-state index contributed by atoms with van der Waals surface area (Å²) in [5, 5.41) is 29.2. The second kappa shape index (κ2) is 51.6. The van der Waals surface area contributed by atoms with Gasteiger partial charge in [-0.1, -0.05) is 78.3 Å². The Morgan fingerprint density at radius 3 is 0.920 bits per heavy atom. The van der Waals surface area contributed by atoms with Gasteiger partial charge in [-0.05, 0) is 69.5 Å². The van der Waals surface area contributed by atoms with Crippen molar-refractivity contribution >= 4 is 168 Å². The zero-order valence-corrected chi connectivity index (χ0v) is 82.8. The number of nitrogens with one attached hydrogen (secondary N) is 1. The van der Waals surface area contributed by atoms with Crippen LogP contribution in [-0.4, -0.2) is 213 Å². The first kappa shape index (κ1) is 138. The molecule has 1 aromatic heterocycles. The fraction of sp³-hybridized carbons (Fsp3) is 0.594. The summed E-state index contributed by atoms with van der Waals surface area (Å²) in [6.45, 7) is 7.03. The van der Waals surface area contributed by atoms with Crippen LogP contribution < -0.4 is 149 Å². The maximum Gasteiger partial charge on any atom is 1.00 e. The van der Waals surface area contributed by atoms with Gasteiger partial charge in [-0.2, -0.15) is 0 Å². The monoisotopic (exact) mass is 2070 g/mol. The molecule has 1 heterocycles. The average molecular weight is 2070 g/mol. The van der Waals surface area contributed by atoms with Crippen LogP contribution in [0.5, 0.6) is 0 Å². The Morgan fingerprint density at radius 1 is 0.464 bits per heavy atom. The van der Waals surface area contributed by atoms with Crippen molar-refractivity contribution in [2.75, 3.05) is 0 Å². The summed E-state index contributed by atoms with van der Waals surface area (Å²) in [5.74, 6) is 0. The van der Waals surface area contributed by atoms with E-state index in [9.17, 15) is 97.7 Å². The summed E-state index contributed by atoms with van der Waals surface area (Å²) in [6.07, 6.45) is 6.70. The Morgan fingerprint density at radius 2 is 0.759 bits per heavy atom. The van der Waals surface area contributed by atoms with E-state index in [1.807, 2.05) is 0 Å². The Balaban J connectivity index is -0.000000133. The van der Waals surface area contributed by atoms with Crippen molar-refractivity contribution < 1.29 is 373 Å². The molecule has 1 aromatic carbocycles. The molecule has 0 aliphatic heterocycles. The summed E-state index contributed by atoms with van der Waals surface area (Å²) in [4.78, 5) is 282. The maximum atomic E-state index is 11.0. The van der Waals surface area contributed by atoms with E-state index in [0.29, 0.717) is 55.3 Å². The molecular weight excluding hydrogens is 2000 g/mol. The molecule has 36 N–H and O–H groups in total. The first-order valence-corrected chi connectivity index (χ1v) is 53.5. The molecule has 0 amide bonds. The van der Waals surface area contributed by atoms with E-state index in [0.717, 1.165) is 31.9 Å².